The molecule has 0 spiro atoms. The minimum absolute atomic E-state index is 0.0862. The van der Waals surface area contributed by atoms with Crippen LogP contribution >= 0.6 is 0 Å². The number of alkyl halides is 3. The van der Waals surface area contributed by atoms with Crippen molar-refractivity contribution in [2.24, 2.45) is 5.10 Å². The van der Waals surface area contributed by atoms with E-state index in [1.54, 1.807) is 19.1 Å². The Kier molecular flexibility index (Phi) is 6.29. The molecule has 2 amide bonds. The first-order chi connectivity index (χ1) is 17.7. The Labute approximate surface area is 210 Å². The van der Waals surface area contributed by atoms with Gasteiger partial charge in [0.15, 0.2) is 5.76 Å². The van der Waals surface area contributed by atoms with Crippen LogP contribution in [0.4, 0.5) is 18.9 Å². The number of hydrazone groups is 1. The quantitative estimate of drug-likeness (QED) is 0.311. The van der Waals surface area contributed by atoms with Crippen molar-refractivity contribution in [3.8, 4) is 0 Å². The molecule has 4 aromatic rings. The highest BCUT2D eigenvalue weighted by Crippen LogP contribution is 2.35. The Hall–Kier alpha value is -4.40. The van der Waals surface area contributed by atoms with Gasteiger partial charge in [0.05, 0.1) is 17.0 Å². The summed E-state index contributed by atoms with van der Waals surface area (Å²) in [6, 6.07) is 17.7. The molecule has 1 aliphatic carbocycles. The summed E-state index contributed by atoms with van der Waals surface area (Å²) in [5.74, 6) is -0.741. The molecule has 37 heavy (non-hydrogen) atoms. The number of furan rings is 1. The maximum absolute atomic E-state index is 13.4. The van der Waals surface area contributed by atoms with Crippen LogP contribution in [0.1, 0.15) is 56.2 Å². The summed E-state index contributed by atoms with van der Waals surface area (Å²) in [5.41, 5.74) is 3.38. The van der Waals surface area contributed by atoms with Crippen LogP contribution in [0.2, 0.25) is 0 Å². The maximum atomic E-state index is 13.4. The van der Waals surface area contributed by atoms with E-state index in [2.05, 4.69) is 15.8 Å². The van der Waals surface area contributed by atoms with E-state index in [0.29, 0.717) is 47.4 Å². The number of hydrogen-bond donors (Lipinski definition) is 2. The third-order valence-corrected chi connectivity index (χ3v) is 6.34. The van der Waals surface area contributed by atoms with Gasteiger partial charge < -0.3 is 9.73 Å². The number of amides is 2. The third-order valence-electron chi connectivity index (χ3n) is 6.34. The predicted octanol–water partition coefficient (Wildman–Crippen LogP) is 6.48. The zero-order chi connectivity index (χ0) is 26.2. The number of benzene rings is 3. The maximum Gasteiger partial charge on any atom is 0.418 e. The summed E-state index contributed by atoms with van der Waals surface area (Å²) < 4.78 is 45.8. The third kappa shape index (κ3) is 4.72. The van der Waals surface area contributed by atoms with Gasteiger partial charge in [0, 0.05) is 23.1 Å². The van der Waals surface area contributed by atoms with Crippen LogP contribution in [0, 0.1) is 6.92 Å². The average Bonchev–Trinajstić information content (AvgIpc) is 3.23. The normalized spacial score (nSPS) is 14.4. The van der Waals surface area contributed by atoms with Crippen LogP contribution in [0.15, 0.2) is 76.2 Å². The molecule has 0 unspecified atom stereocenters. The molecule has 0 bridgehead atoms. The molecule has 5 rings (SSSR count). The van der Waals surface area contributed by atoms with Gasteiger partial charge in [-0.1, -0.05) is 48.5 Å². The van der Waals surface area contributed by atoms with E-state index in [1.165, 1.54) is 18.2 Å². The van der Waals surface area contributed by atoms with Crippen LogP contribution in [0.3, 0.4) is 0 Å². The Morgan fingerprint density at radius 2 is 1.65 bits per heavy atom. The molecule has 188 valence electrons. The van der Waals surface area contributed by atoms with E-state index in [-0.39, 0.29) is 17.4 Å². The lowest BCUT2D eigenvalue weighted by atomic mass is 9.93. The number of hydrogen-bond acceptors (Lipinski definition) is 4. The molecule has 0 radical (unpaired) electrons. The number of nitrogens with zero attached hydrogens (tertiary/aromatic N) is 1. The zero-order valence-electron chi connectivity index (χ0n) is 19.8. The van der Waals surface area contributed by atoms with Crippen LogP contribution in [-0.2, 0) is 12.6 Å². The van der Waals surface area contributed by atoms with Crippen LogP contribution in [0.25, 0.3) is 10.8 Å². The first-order valence-electron chi connectivity index (χ1n) is 11.7. The van der Waals surface area contributed by atoms with Gasteiger partial charge in [0.2, 0.25) is 0 Å². The monoisotopic (exact) mass is 505 g/mol. The summed E-state index contributed by atoms with van der Waals surface area (Å²) in [5, 5.41) is 8.40. The molecule has 0 atom stereocenters. The second-order valence-corrected chi connectivity index (χ2v) is 8.73. The van der Waals surface area contributed by atoms with Crippen LogP contribution in [0.5, 0.6) is 0 Å². The van der Waals surface area contributed by atoms with Gasteiger partial charge in [-0.3, -0.25) is 9.59 Å². The standard InChI is InChI=1S/C28H22F3N3O3/c1-16-24-22(33-34-26(35)19-11-6-9-17-8-2-3-10-18(17)19)14-7-15-23(24)37-25(16)27(36)32-21-13-5-4-12-20(21)28(29,30)31/h2-6,8-13H,7,14-15H2,1H3,(H,32,36)(H,34,35)/b33-22+. The fourth-order valence-electron chi connectivity index (χ4n) is 4.62. The van der Waals surface area contributed by atoms with Crippen molar-refractivity contribution >= 4 is 34.0 Å². The topological polar surface area (TPSA) is 83.7 Å². The van der Waals surface area contributed by atoms with Gasteiger partial charge in [-0.15, -0.1) is 0 Å². The van der Waals surface area contributed by atoms with Crippen molar-refractivity contribution in [3.63, 3.8) is 0 Å². The second kappa shape index (κ2) is 9.57. The van der Waals surface area contributed by atoms with Crippen LogP contribution in [-0.4, -0.2) is 17.5 Å². The van der Waals surface area contributed by atoms with E-state index in [0.717, 1.165) is 16.8 Å². The number of para-hydroxylation sites is 1. The molecule has 0 fully saturated rings. The smallest absolute Gasteiger partial charge is 0.418 e. The zero-order valence-corrected chi connectivity index (χ0v) is 19.8. The summed E-state index contributed by atoms with van der Waals surface area (Å²) in [4.78, 5) is 25.9. The van der Waals surface area contributed by atoms with Crippen molar-refractivity contribution in [1.29, 1.82) is 0 Å². The molecule has 0 saturated heterocycles. The molecule has 0 saturated carbocycles. The van der Waals surface area contributed by atoms with Crippen molar-refractivity contribution in [2.75, 3.05) is 5.32 Å². The van der Waals surface area contributed by atoms with Gasteiger partial charge in [-0.25, -0.2) is 5.43 Å². The highest BCUT2D eigenvalue weighted by atomic mass is 19.4. The number of nitrogens with one attached hydrogen (secondary N) is 2. The minimum atomic E-state index is -4.62. The van der Waals surface area contributed by atoms with Crippen molar-refractivity contribution in [3.05, 3.63) is 101 Å². The Bertz CT molecular complexity index is 1550. The number of anilines is 1. The van der Waals surface area contributed by atoms with E-state index in [4.69, 9.17) is 4.42 Å². The fourth-order valence-corrected chi connectivity index (χ4v) is 4.62. The summed E-state index contributed by atoms with van der Waals surface area (Å²) >= 11 is 0. The minimum Gasteiger partial charge on any atom is -0.455 e. The van der Waals surface area contributed by atoms with E-state index >= 15 is 0 Å². The Morgan fingerprint density at radius 1 is 0.919 bits per heavy atom. The molecule has 9 heteroatoms. The lowest BCUT2D eigenvalue weighted by molar-refractivity contribution is -0.136. The highest BCUT2D eigenvalue weighted by Gasteiger charge is 2.34. The molecule has 1 aliphatic rings. The first-order valence-corrected chi connectivity index (χ1v) is 11.7. The Balaban J connectivity index is 1.41. The van der Waals surface area contributed by atoms with Gasteiger partial charge in [-0.2, -0.15) is 18.3 Å². The molecule has 1 aromatic heterocycles. The lowest BCUT2D eigenvalue weighted by Crippen LogP contribution is -2.22. The lowest BCUT2D eigenvalue weighted by Gasteiger charge is -2.14. The number of halogens is 3. The first kappa shape index (κ1) is 24.3. The van der Waals surface area contributed by atoms with Gasteiger partial charge >= 0.3 is 6.18 Å². The van der Waals surface area contributed by atoms with Crippen molar-refractivity contribution < 1.29 is 27.2 Å². The van der Waals surface area contributed by atoms with Gasteiger partial charge in [0.25, 0.3) is 11.8 Å². The average molecular weight is 505 g/mol. The molecule has 1 heterocycles. The molecular formula is C28H22F3N3O3. The van der Waals surface area contributed by atoms with E-state index in [9.17, 15) is 22.8 Å². The largest absolute Gasteiger partial charge is 0.455 e. The fraction of sp³-hybridized carbons (Fsp3) is 0.179. The van der Waals surface area contributed by atoms with Crippen molar-refractivity contribution in [1.82, 2.24) is 5.43 Å². The van der Waals surface area contributed by atoms with Gasteiger partial charge in [0.1, 0.15) is 5.76 Å². The molecule has 3 aromatic carbocycles. The SMILES string of the molecule is Cc1c(C(=O)Nc2ccccc2C(F)(F)F)oc2c1/C(=N/NC(=O)c1cccc3ccccc13)CCC2. The van der Waals surface area contributed by atoms with E-state index < -0.39 is 17.6 Å². The number of fused-ring (bicyclic) bond motifs is 2. The molecule has 6 nitrogen and oxygen atoms in total. The van der Waals surface area contributed by atoms with Crippen LogP contribution < -0.4 is 10.7 Å². The summed E-state index contributed by atoms with van der Waals surface area (Å²) in [6.07, 6.45) is -2.86. The second-order valence-electron chi connectivity index (χ2n) is 8.73. The number of carbonyl (C=O) groups is 2. The van der Waals surface area contributed by atoms with Gasteiger partial charge in [-0.05, 0) is 48.7 Å². The number of rotatable bonds is 4. The molecule has 2 N–H and O–H groups in total. The summed E-state index contributed by atoms with van der Waals surface area (Å²) in [6.45, 7) is 1.65. The highest BCUT2D eigenvalue weighted by molar-refractivity contribution is 6.11. The molecule has 0 aliphatic heterocycles. The summed E-state index contributed by atoms with van der Waals surface area (Å²) in [7, 11) is 0. The van der Waals surface area contributed by atoms with Crippen molar-refractivity contribution in [2.45, 2.75) is 32.4 Å². The predicted molar refractivity (Wildman–Crippen MR) is 134 cm³/mol. The molecular weight excluding hydrogens is 483 g/mol. The number of carbonyl (C=O) groups excluding carboxylic acids is 2. The van der Waals surface area contributed by atoms with E-state index in [1.807, 2.05) is 30.3 Å². The Morgan fingerprint density at radius 3 is 2.46 bits per heavy atom. The number of aryl methyl sites for hydroxylation is 1.